The molecule has 0 aromatic carbocycles. The van der Waals surface area contributed by atoms with Gasteiger partial charge in [-0.05, 0) is 24.5 Å². The molecule has 0 aliphatic carbocycles. The zero-order valence-corrected chi connectivity index (χ0v) is 12.5. The van der Waals surface area contributed by atoms with Crippen molar-refractivity contribution in [1.82, 2.24) is 14.7 Å². The van der Waals surface area contributed by atoms with Crippen molar-refractivity contribution in [3.05, 3.63) is 5.82 Å². The van der Waals surface area contributed by atoms with Crippen LogP contribution in [0.25, 0.3) is 0 Å². The van der Waals surface area contributed by atoms with Gasteiger partial charge >= 0.3 is 0 Å². The maximum absolute atomic E-state index is 4.43. The third-order valence-corrected chi connectivity index (χ3v) is 4.35. The molecular weight excluding hydrogens is 250 g/mol. The van der Waals surface area contributed by atoms with E-state index in [9.17, 15) is 0 Å². The van der Waals surface area contributed by atoms with Gasteiger partial charge in [0.15, 0.2) is 4.34 Å². The van der Waals surface area contributed by atoms with E-state index in [0.29, 0.717) is 0 Å². The minimum Gasteiger partial charge on any atom is -0.316 e. The monoisotopic (exact) mass is 273 g/mol. The average molecular weight is 273 g/mol. The maximum Gasteiger partial charge on any atom is 0.170 e. The van der Waals surface area contributed by atoms with Gasteiger partial charge in [0.2, 0.25) is 0 Å². The third kappa shape index (κ3) is 7.01. The topological polar surface area (TPSA) is 37.8 Å². The number of nitrogens with one attached hydrogen (secondary N) is 1. The molecule has 1 heterocycles. The molecule has 17 heavy (non-hydrogen) atoms. The smallest absolute Gasteiger partial charge is 0.170 e. The number of aromatic nitrogens is 2. The van der Waals surface area contributed by atoms with Crippen molar-refractivity contribution >= 4 is 23.3 Å². The number of hydrogen-bond donors (Lipinski definition) is 1. The molecule has 0 fully saturated rings. The van der Waals surface area contributed by atoms with E-state index >= 15 is 0 Å². The van der Waals surface area contributed by atoms with E-state index in [1.54, 1.807) is 0 Å². The lowest BCUT2D eigenvalue weighted by Gasteiger charge is -2.02. The molecule has 0 saturated heterocycles. The highest BCUT2D eigenvalue weighted by molar-refractivity contribution is 8.00. The van der Waals surface area contributed by atoms with E-state index in [0.717, 1.165) is 35.4 Å². The Hall–Kier alpha value is -0.130. The predicted molar refractivity (Wildman–Crippen MR) is 77.0 cm³/mol. The van der Waals surface area contributed by atoms with Gasteiger partial charge in [0.05, 0.1) is 0 Å². The van der Waals surface area contributed by atoms with Crippen LogP contribution in [0.3, 0.4) is 0 Å². The van der Waals surface area contributed by atoms with E-state index in [1.807, 2.05) is 11.8 Å². The zero-order chi connectivity index (χ0) is 12.3. The maximum atomic E-state index is 4.43. The van der Waals surface area contributed by atoms with E-state index in [1.165, 1.54) is 37.2 Å². The Morgan fingerprint density at radius 1 is 1.18 bits per heavy atom. The van der Waals surface area contributed by atoms with Crippen LogP contribution in [0, 0.1) is 0 Å². The summed E-state index contributed by atoms with van der Waals surface area (Å²) in [5.74, 6) is 2.07. The average Bonchev–Trinajstić information content (AvgIpc) is 2.80. The Morgan fingerprint density at radius 3 is 2.76 bits per heavy atom. The number of hydrogen-bond acceptors (Lipinski definition) is 5. The normalized spacial score (nSPS) is 10.9. The summed E-state index contributed by atoms with van der Waals surface area (Å²) < 4.78 is 5.38. The fourth-order valence-corrected chi connectivity index (χ4v) is 3.12. The molecule has 0 radical (unpaired) electrons. The fraction of sp³-hybridized carbons (Fsp3) is 0.833. The highest BCUT2D eigenvalue weighted by Crippen LogP contribution is 2.19. The molecule has 0 aliphatic rings. The van der Waals surface area contributed by atoms with Crippen molar-refractivity contribution in [3.63, 3.8) is 0 Å². The van der Waals surface area contributed by atoms with Gasteiger partial charge in [-0.25, -0.2) is 4.98 Å². The van der Waals surface area contributed by atoms with Gasteiger partial charge in [0.1, 0.15) is 5.82 Å². The SMILES string of the molecule is CCCCCCNCCSc1nc(CC)ns1. The van der Waals surface area contributed by atoms with E-state index in [-0.39, 0.29) is 0 Å². The Morgan fingerprint density at radius 2 is 2.06 bits per heavy atom. The van der Waals surface area contributed by atoms with Crippen molar-refractivity contribution in [2.45, 2.75) is 50.3 Å². The van der Waals surface area contributed by atoms with Crippen LogP contribution >= 0.6 is 23.3 Å². The van der Waals surface area contributed by atoms with E-state index in [2.05, 4.69) is 28.5 Å². The van der Waals surface area contributed by atoms with Crippen LogP contribution in [-0.4, -0.2) is 28.2 Å². The summed E-state index contributed by atoms with van der Waals surface area (Å²) in [6.07, 6.45) is 6.27. The highest BCUT2D eigenvalue weighted by atomic mass is 32.2. The van der Waals surface area contributed by atoms with Crippen LogP contribution in [0.5, 0.6) is 0 Å². The number of nitrogens with zero attached hydrogens (tertiary/aromatic N) is 2. The van der Waals surface area contributed by atoms with Crippen molar-refractivity contribution in [3.8, 4) is 0 Å². The minimum absolute atomic E-state index is 0.937. The molecule has 1 aromatic heterocycles. The van der Waals surface area contributed by atoms with Gasteiger partial charge < -0.3 is 5.32 Å². The molecule has 0 atom stereocenters. The third-order valence-electron chi connectivity index (χ3n) is 2.48. The minimum atomic E-state index is 0.937. The molecule has 1 N–H and O–H groups in total. The van der Waals surface area contributed by atoms with Crippen LogP contribution < -0.4 is 5.32 Å². The second-order valence-electron chi connectivity index (χ2n) is 3.99. The Kier molecular flexibility index (Phi) is 8.65. The Bertz CT molecular complexity index is 289. The second-order valence-corrected chi connectivity index (χ2v) is 6.08. The largest absolute Gasteiger partial charge is 0.316 e. The number of aryl methyl sites for hydroxylation is 1. The Balaban J connectivity index is 1.93. The van der Waals surface area contributed by atoms with Crippen molar-refractivity contribution < 1.29 is 0 Å². The Labute approximate surface area is 113 Å². The molecule has 5 heteroatoms. The first kappa shape index (κ1) is 14.9. The van der Waals surface area contributed by atoms with Crippen LogP contribution in [0.2, 0.25) is 0 Å². The quantitative estimate of drug-likeness (QED) is 0.524. The first-order valence-electron chi connectivity index (χ1n) is 6.53. The lowest BCUT2D eigenvalue weighted by molar-refractivity contribution is 0.613. The van der Waals surface area contributed by atoms with Gasteiger partial charge in [-0.2, -0.15) is 4.37 Å². The molecule has 1 rings (SSSR count). The standard InChI is InChI=1S/C12H23N3S2/c1-3-5-6-7-8-13-9-10-16-12-14-11(4-2)15-17-12/h13H,3-10H2,1-2H3. The second kappa shape index (κ2) is 9.85. The summed E-state index contributed by atoms with van der Waals surface area (Å²) in [5, 5.41) is 3.47. The van der Waals surface area contributed by atoms with E-state index in [4.69, 9.17) is 0 Å². The molecule has 0 amide bonds. The van der Waals surface area contributed by atoms with E-state index < -0.39 is 0 Å². The molecule has 0 spiro atoms. The van der Waals surface area contributed by atoms with Crippen LogP contribution in [0.15, 0.2) is 4.34 Å². The highest BCUT2D eigenvalue weighted by Gasteiger charge is 2.01. The first-order chi connectivity index (χ1) is 8.36. The van der Waals surface area contributed by atoms with Gasteiger partial charge in [0, 0.05) is 18.7 Å². The number of rotatable bonds is 10. The first-order valence-corrected chi connectivity index (χ1v) is 8.28. The number of unbranched alkanes of at least 4 members (excludes halogenated alkanes) is 3. The predicted octanol–water partition coefficient (Wildman–Crippen LogP) is 3.36. The molecule has 0 unspecified atom stereocenters. The van der Waals surface area contributed by atoms with Crippen molar-refractivity contribution in [1.29, 1.82) is 0 Å². The molecule has 0 bridgehead atoms. The lowest BCUT2D eigenvalue weighted by Crippen LogP contribution is -2.18. The van der Waals surface area contributed by atoms with Crippen LogP contribution in [-0.2, 0) is 6.42 Å². The van der Waals surface area contributed by atoms with Crippen LogP contribution in [0.1, 0.15) is 45.4 Å². The fourth-order valence-electron chi connectivity index (χ4n) is 1.45. The van der Waals surface area contributed by atoms with Crippen LogP contribution in [0.4, 0.5) is 0 Å². The molecule has 0 saturated carbocycles. The summed E-state index contributed by atoms with van der Waals surface area (Å²) in [6, 6.07) is 0. The summed E-state index contributed by atoms with van der Waals surface area (Å²) in [7, 11) is 0. The summed E-state index contributed by atoms with van der Waals surface area (Å²) in [6.45, 7) is 6.56. The van der Waals surface area contributed by atoms with Gasteiger partial charge in [-0.1, -0.05) is 44.9 Å². The van der Waals surface area contributed by atoms with Gasteiger partial charge in [-0.15, -0.1) is 0 Å². The lowest BCUT2D eigenvalue weighted by atomic mass is 10.2. The molecule has 0 aliphatic heterocycles. The summed E-state index contributed by atoms with van der Waals surface area (Å²) in [4.78, 5) is 4.43. The molecule has 3 nitrogen and oxygen atoms in total. The van der Waals surface area contributed by atoms with Crippen molar-refractivity contribution in [2.75, 3.05) is 18.8 Å². The van der Waals surface area contributed by atoms with Gasteiger partial charge in [0.25, 0.3) is 0 Å². The summed E-state index contributed by atoms with van der Waals surface area (Å²) in [5.41, 5.74) is 0. The summed E-state index contributed by atoms with van der Waals surface area (Å²) >= 11 is 3.33. The number of thioether (sulfide) groups is 1. The van der Waals surface area contributed by atoms with Gasteiger partial charge in [-0.3, -0.25) is 0 Å². The molecule has 98 valence electrons. The van der Waals surface area contributed by atoms with Crippen molar-refractivity contribution in [2.24, 2.45) is 0 Å². The molecule has 1 aromatic rings. The molecular formula is C12H23N3S2. The zero-order valence-electron chi connectivity index (χ0n) is 10.9.